The van der Waals surface area contributed by atoms with E-state index in [2.05, 4.69) is 4.57 Å². The average molecular weight is 372 g/mol. The number of rotatable bonds is 6. The minimum absolute atomic E-state index is 0.380. The van der Waals surface area contributed by atoms with E-state index in [9.17, 15) is 9.90 Å². The molecule has 0 aliphatic rings. The highest BCUT2D eigenvalue weighted by Crippen LogP contribution is 2.27. The summed E-state index contributed by atoms with van der Waals surface area (Å²) in [7, 11) is 0. The van der Waals surface area contributed by atoms with Gasteiger partial charge in [0.05, 0.1) is 12.2 Å². The minimum Gasteiger partial charge on any atom is -0.494 e. The highest BCUT2D eigenvalue weighted by molar-refractivity contribution is 6.32. The SMILES string of the molecule is Cc1cc(OCCCn2c(C)c(C(=O)O)c3ccccc32)cc(C)c1Cl. The smallest absolute Gasteiger partial charge is 0.338 e. The molecule has 0 aliphatic carbocycles. The second-order valence-electron chi connectivity index (χ2n) is 6.51. The van der Waals surface area contributed by atoms with Crippen molar-refractivity contribution in [1.82, 2.24) is 4.57 Å². The zero-order valence-electron chi connectivity index (χ0n) is 15.2. The van der Waals surface area contributed by atoms with E-state index in [1.807, 2.05) is 57.2 Å². The first kappa shape index (κ1) is 18.3. The monoisotopic (exact) mass is 371 g/mol. The third-order valence-corrected chi connectivity index (χ3v) is 5.25. The zero-order valence-corrected chi connectivity index (χ0v) is 15.9. The van der Waals surface area contributed by atoms with Crippen LogP contribution in [0.2, 0.25) is 5.02 Å². The molecule has 136 valence electrons. The summed E-state index contributed by atoms with van der Waals surface area (Å²) in [6.07, 6.45) is 0.777. The molecule has 4 nitrogen and oxygen atoms in total. The molecule has 3 aromatic rings. The molecule has 26 heavy (non-hydrogen) atoms. The molecule has 0 spiro atoms. The molecular weight excluding hydrogens is 350 g/mol. The molecule has 0 saturated heterocycles. The third kappa shape index (κ3) is 3.42. The van der Waals surface area contributed by atoms with Crippen molar-refractivity contribution in [3.8, 4) is 5.75 Å². The molecule has 0 amide bonds. The van der Waals surface area contributed by atoms with Crippen molar-refractivity contribution in [1.29, 1.82) is 0 Å². The quantitative estimate of drug-likeness (QED) is 0.591. The van der Waals surface area contributed by atoms with E-state index in [0.717, 1.165) is 44.9 Å². The second kappa shape index (κ2) is 7.42. The van der Waals surface area contributed by atoms with Crippen molar-refractivity contribution < 1.29 is 14.6 Å². The predicted octanol–water partition coefficient (Wildman–Crippen LogP) is 5.39. The molecular formula is C21H22ClNO3. The van der Waals surface area contributed by atoms with E-state index >= 15 is 0 Å². The Kier molecular flexibility index (Phi) is 5.23. The number of benzene rings is 2. The highest BCUT2D eigenvalue weighted by Gasteiger charge is 2.18. The number of ether oxygens (including phenoxy) is 1. The first-order valence-corrected chi connectivity index (χ1v) is 8.98. The summed E-state index contributed by atoms with van der Waals surface area (Å²) in [6.45, 7) is 7.03. The van der Waals surface area contributed by atoms with Crippen LogP contribution < -0.4 is 4.74 Å². The van der Waals surface area contributed by atoms with Gasteiger partial charge in [0, 0.05) is 28.2 Å². The number of para-hydroxylation sites is 1. The van der Waals surface area contributed by atoms with Crippen LogP contribution in [0.3, 0.4) is 0 Å². The van der Waals surface area contributed by atoms with Crippen molar-refractivity contribution >= 4 is 28.5 Å². The number of aromatic nitrogens is 1. The maximum Gasteiger partial charge on any atom is 0.338 e. The molecule has 0 bridgehead atoms. The molecule has 0 saturated carbocycles. The lowest BCUT2D eigenvalue weighted by atomic mass is 10.1. The van der Waals surface area contributed by atoms with Gasteiger partial charge >= 0.3 is 5.97 Å². The fourth-order valence-corrected chi connectivity index (χ4v) is 3.50. The Labute approximate surface area is 158 Å². The van der Waals surface area contributed by atoms with Crippen LogP contribution in [0.1, 0.15) is 33.6 Å². The van der Waals surface area contributed by atoms with Gasteiger partial charge in [-0.1, -0.05) is 29.8 Å². The predicted molar refractivity (Wildman–Crippen MR) is 105 cm³/mol. The van der Waals surface area contributed by atoms with E-state index in [0.29, 0.717) is 18.7 Å². The normalized spacial score (nSPS) is 11.1. The molecule has 1 N–H and O–H groups in total. The standard InChI is InChI=1S/C21H22ClNO3/c1-13-11-16(12-14(2)20(13)22)26-10-6-9-23-15(3)19(21(24)25)17-7-4-5-8-18(17)23/h4-5,7-8,11-12H,6,9-10H2,1-3H3,(H,24,25). The first-order chi connectivity index (χ1) is 12.4. The lowest BCUT2D eigenvalue weighted by Gasteiger charge is -2.12. The average Bonchev–Trinajstić information content (AvgIpc) is 2.88. The van der Waals surface area contributed by atoms with E-state index in [1.54, 1.807) is 0 Å². The Morgan fingerprint density at radius 2 is 1.81 bits per heavy atom. The van der Waals surface area contributed by atoms with Gasteiger partial charge in [-0.25, -0.2) is 4.79 Å². The number of halogens is 1. The summed E-state index contributed by atoms with van der Waals surface area (Å²) < 4.78 is 7.92. The first-order valence-electron chi connectivity index (χ1n) is 8.61. The molecule has 3 rings (SSSR count). The van der Waals surface area contributed by atoms with Crippen LogP contribution in [0.4, 0.5) is 0 Å². The molecule has 1 aromatic heterocycles. The Morgan fingerprint density at radius 1 is 1.15 bits per heavy atom. The van der Waals surface area contributed by atoms with E-state index in [1.165, 1.54) is 0 Å². The van der Waals surface area contributed by atoms with Crippen molar-refractivity contribution in [2.24, 2.45) is 0 Å². The van der Waals surface area contributed by atoms with Crippen LogP contribution in [0.15, 0.2) is 36.4 Å². The second-order valence-corrected chi connectivity index (χ2v) is 6.89. The number of fused-ring (bicyclic) bond motifs is 1. The van der Waals surface area contributed by atoms with Gasteiger partial charge in [0.25, 0.3) is 0 Å². The van der Waals surface area contributed by atoms with Gasteiger partial charge in [0.15, 0.2) is 0 Å². The van der Waals surface area contributed by atoms with Crippen LogP contribution in [0.25, 0.3) is 10.9 Å². The number of carboxylic acid groups (broad SMARTS) is 1. The van der Waals surface area contributed by atoms with Gasteiger partial charge in [-0.05, 0) is 56.5 Å². The van der Waals surface area contributed by atoms with E-state index in [4.69, 9.17) is 16.3 Å². The van der Waals surface area contributed by atoms with Crippen molar-refractivity contribution in [2.75, 3.05) is 6.61 Å². The molecule has 0 unspecified atom stereocenters. The fraction of sp³-hybridized carbons (Fsp3) is 0.286. The summed E-state index contributed by atoms with van der Waals surface area (Å²) >= 11 is 6.18. The zero-order chi connectivity index (χ0) is 18.8. The van der Waals surface area contributed by atoms with E-state index < -0.39 is 5.97 Å². The van der Waals surface area contributed by atoms with Gasteiger partial charge in [-0.2, -0.15) is 0 Å². The lowest BCUT2D eigenvalue weighted by molar-refractivity contribution is 0.0698. The van der Waals surface area contributed by atoms with Crippen molar-refractivity contribution in [2.45, 2.75) is 33.7 Å². The number of hydrogen-bond acceptors (Lipinski definition) is 2. The molecule has 0 atom stereocenters. The van der Waals surface area contributed by atoms with E-state index in [-0.39, 0.29) is 0 Å². The highest BCUT2D eigenvalue weighted by atomic mass is 35.5. The lowest BCUT2D eigenvalue weighted by Crippen LogP contribution is -2.07. The number of carboxylic acids is 1. The Balaban J connectivity index is 1.73. The molecule has 0 fully saturated rings. The van der Waals surface area contributed by atoms with Crippen molar-refractivity contribution in [3.63, 3.8) is 0 Å². The molecule has 0 aliphatic heterocycles. The van der Waals surface area contributed by atoms with Gasteiger partial charge in [-0.15, -0.1) is 0 Å². The molecule has 0 radical (unpaired) electrons. The summed E-state index contributed by atoms with van der Waals surface area (Å²) in [4.78, 5) is 11.6. The number of aryl methyl sites for hydroxylation is 3. The largest absolute Gasteiger partial charge is 0.494 e. The van der Waals surface area contributed by atoms with Crippen LogP contribution >= 0.6 is 11.6 Å². The van der Waals surface area contributed by atoms with Gasteiger partial charge < -0.3 is 14.4 Å². The maximum atomic E-state index is 11.6. The van der Waals surface area contributed by atoms with Crippen LogP contribution in [-0.2, 0) is 6.54 Å². The third-order valence-electron chi connectivity index (χ3n) is 4.65. The van der Waals surface area contributed by atoms with Crippen LogP contribution in [0, 0.1) is 20.8 Å². The summed E-state index contributed by atoms with van der Waals surface area (Å²) in [5, 5.41) is 11.1. The number of carbonyl (C=O) groups is 1. The minimum atomic E-state index is -0.888. The Bertz CT molecular complexity index is 952. The molecule has 1 heterocycles. The maximum absolute atomic E-state index is 11.6. The van der Waals surface area contributed by atoms with Gasteiger partial charge in [0.1, 0.15) is 5.75 Å². The molecule has 2 aromatic carbocycles. The van der Waals surface area contributed by atoms with Gasteiger partial charge in [-0.3, -0.25) is 0 Å². The fourth-order valence-electron chi connectivity index (χ4n) is 3.39. The van der Waals surface area contributed by atoms with Crippen molar-refractivity contribution in [3.05, 3.63) is 63.8 Å². The van der Waals surface area contributed by atoms with Gasteiger partial charge in [0.2, 0.25) is 0 Å². The Morgan fingerprint density at radius 3 is 2.46 bits per heavy atom. The summed E-state index contributed by atoms with van der Waals surface area (Å²) in [6, 6.07) is 11.5. The Hall–Kier alpha value is -2.46. The summed E-state index contributed by atoms with van der Waals surface area (Å²) in [5.74, 6) is -0.0782. The molecule has 5 heteroatoms. The number of nitrogens with zero attached hydrogens (tertiary/aromatic N) is 1. The number of aromatic carboxylic acids is 1. The van der Waals surface area contributed by atoms with Crippen LogP contribution in [-0.4, -0.2) is 22.2 Å². The topological polar surface area (TPSA) is 51.5 Å². The number of hydrogen-bond donors (Lipinski definition) is 1. The van der Waals surface area contributed by atoms with Crippen LogP contribution in [0.5, 0.6) is 5.75 Å². The summed E-state index contributed by atoms with van der Waals surface area (Å²) in [5.41, 5.74) is 4.10.